The molecule has 0 aliphatic rings. The van der Waals surface area contributed by atoms with Crippen LogP contribution >= 0.6 is 0 Å². The number of aliphatic hydroxyl groups is 1. The average molecular weight is 289 g/mol. The zero-order valence-electron chi connectivity index (χ0n) is 13.1. The maximum atomic E-state index is 12.7. The number of imidazole rings is 1. The first-order valence-corrected chi connectivity index (χ1v) is 7.26. The Kier molecular flexibility index (Phi) is 4.32. The normalized spacial score (nSPS) is 13.4. The summed E-state index contributed by atoms with van der Waals surface area (Å²) in [7, 11) is 0. The van der Waals surface area contributed by atoms with Crippen LogP contribution in [0.25, 0.3) is 11.0 Å². The highest BCUT2D eigenvalue weighted by Gasteiger charge is 2.26. The van der Waals surface area contributed by atoms with E-state index in [1.54, 1.807) is 25.1 Å². The van der Waals surface area contributed by atoms with Crippen molar-refractivity contribution in [3.05, 3.63) is 30.6 Å². The smallest absolute Gasteiger partial charge is 0.245 e. The predicted octanol–water partition coefficient (Wildman–Crippen LogP) is 2.22. The van der Waals surface area contributed by atoms with E-state index in [0.717, 1.165) is 11.0 Å². The molecule has 114 valence electrons. The van der Waals surface area contributed by atoms with Gasteiger partial charge in [-0.3, -0.25) is 4.79 Å². The molecule has 0 fully saturated rings. The summed E-state index contributed by atoms with van der Waals surface area (Å²) in [5.74, 6) is -0.0113. The number of rotatable bonds is 5. The lowest BCUT2D eigenvalue weighted by atomic mass is 10.1. The fourth-order valence-corrected chi connectivity index (χ4v) is 2.48. The molecular weight excluding hydrogens is 266 g/mol. The Bertz CT molecular complexity index is 628. The van der Waals surface area contributed by atoms with Gasteiger partial charge >= 0.3 is 0 Å². The Morgan fingerprint density at radius 2 is 2.10 bits per heavy atom. The van der Waals surface area contributed by atoms with E-state index in [2.05, 4.69) is 4.98 Å². The van der Waals surface area contributed by atoms with Gasteiger partial charge in [0.25, 0.3) is 0 Å². The highest BCUT2D eigenvalue weighted by Crippen LogP contribution is 2.19. The molecule has 0 radical (unpaired) electrons. The molecule has 1 heterocycles. The standard InChI is InChI=1S/C16H23N3O2/c1-5-18(10-16(3,4)21)15(20)12(2)19-11-17-13-8-6-7-9-14(13)19/h6-9,11-12,21H,5,10H2,1-4H3. The van der Waals surface area contributed by atoms with Crippen molar-refractivity contribution < 1.29 is 9.90 Å². The van der Waals surface area contributed by atoms with E-state index in [1.807, 2.05) is 42.7 Å². The van der Waals surface area contributed by atoms with Crippen LogP contribution in [0.15, 0.2) is 30.6 Å². The number of benzene rings is 1. The third kappa shape index (κ3) is 3.42. The number of carbonyl (C=O) groups is 1. The summed E-state index contributed by atoms with van der Waals surface area (Å²) in [6.45, 7) is 8.09. The van der Waals surface area contributed by atoms with Crippen molar-refractivity contribution in [2.45, 2.75) is 39.3 Å². The van der Waals surface area contributed by atoms with E-state index in [-0.39, 0.29) is 11.9 Å². The molecule has 0 aliphatic heterocycles. The maximum Gasteiger partial charge on any atom is 0.245 e. The van der Waals surface area contributed by atoms with Crippen molar-refractivity contribution >= 4 is 16.9 Å². The van der Waals surface area contributed by atoms with E-state index in [9.17, 15) is 9.90 Å². The molecule has 0 bridgehead atoms. The van der Waals surface area contributed by atoms with Crippen LogP contribution in [0.5, 0.6) is 0 Å². The third-order valence-corrected chi connectivity index (χ3v) is 3.53. The van der Waals surface area contributed by atoms with E-state index in [1.165, 1.54) is 0 Å². The van der Waals surface area contributed by atoms with Crippen LogP contribution in [0, 0.1) is 0 Å². The molecule has 1 N–H and O–H groups in total. The molecule has 5 nitrogen and oxygen atoms in total. The van der Waals surface area contributed by atoms with Crippen molar-refractivity contribution in [2.75, 3.05) is 13.1 Å². The Labute approximate surface area is 125 Å². The van der Waals surface area contributed by atoms with Crippen molar-refractivity contribution in [1.82, 2.24) is 14.5 Å². The second kappa shape index (κ2) is 5.85. The number of aromatic nitrogens is 2. The highest BCUT2D eigenvalue weighted by atomic mass is 16.3. The van der Waals surface area contributed by atoms with E-state index >= 15 is 0 Å². The first kappa shape index (κ1) is 15.5. The molecule has 2 rings (SSSR count). The van der Waals surface area contributed by atoms with Crippen LogP contribution < -0.4 is 0 Å². The van der Waals surface area contributed by atoms with Crippen molar-refractivity contribution in [1.29, 1.82) is 0 Å². The molecule has 5 heteroatoms. The van der Waals surface area contributed by atoms with Gasteiger partial charge in [0.2, 0.25) is 5.91 Å². The molecule has 2 aromatic rings. The van der Waals surface area contributed by atoms with Gasteiger partial charge in [0.1, 0.15) is 6.04 Å². The van der Waals surface area contributed by atoms with Gasteiger partial charge in [0, 0.05) is 13.1 Å². The average Bonchev–Trinajstić information content (AvgIpc) is 2.86. The molecule has 1 unspecified atom stereocenters. The van der Waals surface area contributed by atoms with Gasteiger partial charge in [-0.15, -0.1) is 0 Å². The van der Waals surface area contributed by atoms with Crippen LogP contribution in [-0.2, 0) is 4.79 Å². The molecule has 21 heavy (non-hydrogen) atoms. The van der Waals surface area contributed by atoms with E-state index < -0.39 is 5.60 Å². The lowest BCUT2D eigenvalue weighted by molar-refractivity contribution is -0.136. The van der Waals surface area contributed by atoms with Gasteiger partial charge in [-0.2, -0.15) is 0 Å². The zero-order valence-corrected chi connectivity index (χ0v) is 13.1. The summed E-state index contributed by atoms with van der Waals surface area (Å²) in [5, 5.41) is 9.94. The molecular formula is C16H23N3O2. The molecule has 0 saturated carbocycles. The summed E-state index contributed by atoms with van der Waals surface area (Å²) in [6.07, 6.45) is 1.70. The monoisotopic (exact) mass is 289 g/mol. The van der Waals surface area contributed by atoms with Crippen LogP contribution in [-0.4, -0.2) is 44.2 Å². The number of likely N-dealkylation sites (N-methyl/N-ethyl adjacent to an activating group) is 1. The molecule has 0 aliphatic carbocycles. The number of amides is 1. The molecule has 1 aromatic carbocycles. The predicted molar refractivity (Wildman–Crippen MR) is 83.0 cm³/mol. The molecule has 1 amide bonds. The van der Waals surface area contributed by atoms with E-state index in [0.29, 0.717) is 13.1 Å². The Balaban J connectivity index is 2.26. The first-order valence-electron chi connectivity index (χ1n) is 7.26. The largest absolute Gasteiger partial charge is 0.389 e. The number of hydrogen-bond acceptors (Lipinski definition) is 3. The number of nitrogens with zero attached hydrogens (tertiary/aromatic N) is 3. The first-order chi connectivity index (χ1) is 9.83. The summed E-state index contributed by atoms with van der Waals surface area (Å²) in [4.78, 5) is 18.7. The quantitative estimate of drug-likeness (QED) is 0.918. The van der Waals surface area contributed by atoms with Crippen LogP contribution in [0.4, 0.5) is 0 Å². The minimum atomic E-state index is -0.900. The lowest BCUT2D eigenvalue weighted by Crippen LogP contribution is -2.44. The fraction of sp³-hybridized carbons (Fsp3) is 0.500. The van der Waals surface area contributed by atoms with Gasteiger partial charge in [-0.1, -0.05) is 12.1 Å². The Hall–Kier alpha value is -1.88. The zero-order chi connectivity index (χ0) is 15.6. The Morgan fingerprint density at radius 3 is 2.71 bits per heavy atom. The lowest BCUT2D eigenvalue weighted by Gasteiger charge is -2.30. The highest BCUT2D eigenvalue weighted by molar-refractivity contribution is 5.83. The van der Waals surface area contributed by atoms with Gasteiger partial charge in [-0.05, 0) is 39.8 Å². The maximum absolute atomic E-state index is 12.7. The number of para-hydroxylation sites is 2. The van der Waals surface area contributed by atoms with Gasteiger partial charge in [0.05, 0.1) is 23.0 Å². The van der Waals surface area contributed by atoms with Crippen molar-refractivity contribution in [3.63, 3.8) is 0 Å². The van der Waals surface area contributed by atoms with Gasteiger partial charge in [0.15, 0.2) is 0 Å². The summed E-state index contributed by atoms with van der Waals surface area (Å²) >= 11 is 0. The molecule has 1 atom stereocenters. The molecule has 0 spiro atoms. The van der Waals surface area contributed by atoms with Crippen LogP contribution in [0.1, 0.15) is 33.7 Å². The minimum Gasteiger partial charge on any atom is -0.389 e. The summed E-state index contributed by atoms with van der Waals surface area (Å²) < 4.78 is 1.88. The topological polar surface area (TPSA) is 58.4 Å². The van der Waals surface area contributed by atoms with Crippen LogP contribution in [0.3, 0.4) is 0 Å². The van der Waals surface area contributed by atoms with Gasteiger partial charge in [-0.25, -0.2) is 4.98 Å². The fourth-order valence-electron chi connectivity index (χ4n) is 2.48. The van der Waals surface area contributed by atoms with E-state index in [4.69, 9.17) is 0 Å². The second-order valence-corrected chi connectivity index (χ2v) is 5.98. The summed E-state index contributed by atoms with van der Waals surface area (Å²) in [5.41, 5.74) is 0.919. The number of carbonyl (C=O) groups excluding carboxylic acids is 1. The molecule has 1 aromatic heterocycles. The second-order valence-electron chi connectivity index (χ2n) is 5.98. The van der Waals surface area contributed by atoms with Crippen LogP contribution in [0.2, 0.25) is 0 Å². The molecule has 0 saturated heterocycles. The van der Waals surface area contributed by atoms with Crippen molar-refractivity contribution in [2.24, 2.45) is 0 Å². The minimum absolute atomic E-state index is 0.0113. The van der Waals surface area contributed by atoms with Crippen molar-refractivity contribution in [3.8, 4) is 0 Å². The SMILES string of the molecule is CCN(CC(C)(C)O)C(=O)C(C)n1cnc2ccccc21. The third-order valence-electron chi connectivity index (χ3n) is 3.53. The Morgan fingerprint density at radius 1 is 1.43 bits per heavy atom. The number of hydrogen-bond donors (Lipinski definition) is 1. The summed E-state index contributed by atoms with van der Waals surface area (Å²) in [6, 6.07) is 7.40. The van der Waals surface area contributed by atoms with Gasteiger partial charge < -0.3 is 14.6 Å². The number of fused-ring (bicyclic) bond motifs is 1.